The number of rotatable bonds is 3. The van der Waals surface area contributed by atoms with E-state index in [0.29, 0.717) is 22.6 Å². The lowest BCUT2D eigenvalue weighted by atomic mass is 9.84. The Morgan fingerprint density at radius 3 is 2.74 bits per heavy atom. The predicted molar refractivity (Wildman–Crippen MR) is 129 cm³/mol. The summed E-state index contributed by atoms with van der Waals surface area (Å²) >= 11 is 0. The number of aromatic nitrogens is 1. The summed E-state index contributed by atoms with van der Waals surface area (Å²) in [7, 11) is 3.55. The molecule has 4 aromatic rings. The molecule has 0 amide bonds. The molecule has 0 spiro atoms. The first-order valence-corrected chi connectivity index (χ1v) is 11.2. The van der Waals surface area contributed by atoms with Gasteiger partial charge in [-0.25, -0.2) is 0 Å². The second-order valence-electron chi connectivity index (χ2n) is 8.70. The summed E-state index contributed by atoms with van der Waals surface area (Å²) in [5.74, 6) is 0.715. The van der Waals surface area contributed by atoms with Crippen molar-refractivity contribution in [3.05, 3.63) is 88.8 Å². The molecule has 174 valence electrons. The van der Waals surface area contributed by atoms with Crippen LogP contribution in [-0.2, 0) is 11.8 Å². The Labute approximate surface area is 200 Å². The molecule has 1 unspecified atom stereocenters. The Balaban J connectivity index is 1.47. The van der Waals surface area contributed by atoms with Crippen molar-refractivity contribution >= 4 is 28.7 Å². The topological polar surface area (TPSA) is 87.0 Å². The second kappa shape index (κ2) is 7.77. The Kier molecular flexibility index (Phi) is 4.67. The van der Waals surface area contributed by atoms with Gasteiger partial charge in [0.2, 0.25) is 5.78 Å². The van der Waals surface area contributed by atoms with Crippen LogP contribution < -0.4 is 14.2 Å². The zero-order valence-electron chi connectivity index (χ0n) is 19.1. The quantitative estimate of drug-likeness (QED) is 0.261. The van der Waals surface area contributed by atoms with Crippen LogP contribution in [0.4, 0.5) is 0 Å². The van der Waals surface area contributed by atoms with E-state index in [2.05, 4.69) is 0 Å². The summed E-state index contributed by atoms with van der Waals surface area (Å²) < 4.78 is 19.0. The molecule has 3 aromatic carbocycles. The summed E-state index contributed by atoms with van der Waals surface area (Å²) in [5, 5.41) is 10.9. The lowest BCUT2D eigenvalue weighted by molar-refractivity contribution is -0.135. The van der Waals surface area contributed by atoms with E-state index in [9.17, 15) is 14.7 Å². The van der Waals surface area contributed by atoms with Gasteiger partial charge in [0.15, 0.2) is 5.76 Å². The van der Waals surface area contributed by atoms with Gasteiger partial charge in [0.05, 0.1) is 19.1 Å². The first-order chi connectivity index (χ1) is 16.9. The normalized spacial score (nSPS) is 17.8. The minimum Gasteiger partial charge on any atom is -0.508 e. The summed E-state index contributed by atoms with van der Waals surface area (Å²) in [4.78, 5) is 25.7. The molecule has 0 bridgehead atoms. The third kappa shape index (κ3) is 3.35. The van der Waals surface area contributed by atoms with E-state index < -0.39 is 5.92 Å². The van der Waals surface area contributed by atoms with Crippen LogP contribution in [0.5, 0.6) is 23.0 Å². The number of phenolic OH excluding ortho intramolecular Hbond substituents is 1. The second-order valence-corrected chi connectivity index (χ2v) is 8.70. The molecule has 0 fully saturated rings. The van der Waals surface area contributed by atoms with Gasteiger partial charge in [-0.05, 0) is 54.1 Å². The highest BCUT2D eigenvalue weighted by Crippen LogP contribution is 2.49. The van der Waals surface area contributed by atoms with Crippen molar-refractivity contribution in [3.63, 3.8) is 0 Å². The van der Waals surface area contributed by atoms with Crippen molar-refractivity contribution in [3.8, 4) is 23.0 Å². The van der Waals surface area contributed by atoms with E-state index in [1.165, 1.54) is 0 Å². The molecule has 6 rings (SSSR count). The van der Waals surface area contributed by atoms with Gasteiger partial charge >= 0.3 is 5.97 Å². The van der Waals surface area contributed by atoms with Crippen molar-refractivity contribution < 1.29 is 28.9 Å². The fourth-order valence-corrected chi connectivity index (χ4v) is 4.92. The summed E-state index contributed by atoms with van der Waals surface area (Å²) in [6, 6.07) is 15.8. The van der Waals surface area contributed by atoms with Crippen LogP contribution in [0.15, 0.2) is 66.6 Å². The number of aryl methyl sites for hydroxylation is 1. The number of Topliss-reactive ketones (excluding diaryl/α,β-unsaturated/α-hetero) is 1. The maximum Gasteiger partial charge on any atom is 0.312 e. The van der Waals surface area contributed by atoms with E-state index in [0.717, 1.165) is 27.8 Å². The first kappa shape index (κ1) is 21.0. The monoisotopic (exact) mass is 467 g/mol. The van der Waals surface area contributed by atoms with Crippen LogP contribution in [0.1, 0.15) is 39.4 Å². The van der Waals surface area contributed by atoms with Crippen LogP contribution in [0.3, 0.4) is 0 Å². The highest BCUT2D eigenvalue weighted by Gasteiger charge is 2.38. The van der Waals surface area contributed by atoms with Crippen molar-refractivity contribution in [1.82, 2.24) is 4.57 Å². The highest BCUT2D eigenvalue weighted by molar-refractivity contribution is 6.15. The number of hydrogen-bond donors (Lipinski definition) is 1. The average Bonchev–Trinajstić information content (AvgIpc) is 3.34. The number of hydrogen-bond acceptors (Lipinski definition) is 6. The van der Waals surface area contributed by atoms with Gasteiger partial charge in [0.25, 0.3) is 0 Å². The van der Waals surface area contributed by atoms with Crippen LogP contribution in [0.25, 0.3) is 17.0 Å². The average molecular weight is 467 g/mol. The number of esters is 1. The Morgan fingerprint density at radius 2 is 1.94 bits per heavy atom. The molecule has 2 aliphatic heterocycles. The molecule has 1 aromatic heterocycles. The Bertz CT molecular complexity index is 1580. The van der Waals surface area contributed by atoms with Crippen LogP contribution in [0, 0.1) is 0 Å². The molecule has 2 aliphatic rings. The molecular weight excluding hydrogens is 446 g/mol. The zero-order chi connectivity index (χ0) is 24.3. The van der Waals surface area contributed by atoms with Crippen molar-refractivity contribution in [2.75, 3.05) is 7.11 Å². The molecule has 7 nitrogen and oxygen atoms in total. The molecule has 0 radical (unpaired) electrons. The van der Waals surface area contributed by atoms with Crippen molar-refractivity contribution in [2.45, 2.75) is 12.3 Å². The van der Waals surface area contributed by atoms with Crippen molar-refractivity contribution in [2.24, 2.45) is 7.05 Å². The number of fused-ring (bicyclic) bond motifs is 4. The molecule has 35 heavy (non-hydrogen) atoms. The first-order valence-electron chi connectivity index (χ1n) is 11.2. The van der Waals surface area contributed by atoms with Gasteiger partial charge in [-0.1, -0.05) is 12.1 Å². The highest BCUT2D eigenvalue weighted by atomic mass is 16.5. The van der Waals surface area contributed by atoms with Gasteiger partial charge in [-0.2, -0.15) is 0 Å². The van der Waals surface area contributed by atoms with Gasteiger partial charge < -0.3 is 23.9 Å². The molecule has 0 saturated heterocycles. The van der Waals surface area contributed by atoms with Crippen molar-refractivity contribution in [1.29, 1.82) is 0 Å². The molecule has 0 saturated carbocycles. The third-order valence-electron chi connectivity index (χ3n) is 6.57. The number of carbonyl (C=O) groups is 2. The van der Waals surface area contributed by atoms with E-state index in [1.54, 1.807) is 43.5 Å². The zero-order valence-corrected chi connectivity index (χ0v) is 19.1. The molecule has 7 heteroatoms. The molecule has 0 aliphatic carbocycles. The SMILES string of the molecule is COc1ccc2c(c1)c(/C=C1\Oc3c(ccc4c3C(c3cccc(O)c3)CC(=O)O4)C1=O)cn2C. The molecule has 1 N–H and O–H groups in total. The maximum absolute atomic E-state index is 13.3. The Hall–Kier alpha value is -4.52. The van der Waals surface area contributed by atoms with E-state index in [4.69, 9.17) is 14.2 Å². The number of methoxy groups -OCH3 is 1. The minimum absolute atomic E-state index is 0.0760. The smallest absolute Gasteiger partial charge is 0.312 e. The third-order valence-corrected chi connectivity index (χ3v) is 6.57. The van der Waals surface area contributed by atoms with Crippen LogP contribution >= 0.6 is 0 Å². The van der Waals surface area contributed by atoms with Crippen LogP contribution in [0.2, 0.25) is 0 Å². The number of carbonyl (C=O) groups excluding carboxylic acids is 2. The number of ketones is 1. The largest absolute Gasteiger partial charge is 0.508 e. The lowest BCUT2D eigenvalue weighted by Crippen LogP contribution is -2.21. The number of allylic oxidation sites excluding steroid dienone is 1. The number of benzene rings is 3. The molecular formula is C28H21NO6. The minimum atomic E-state index is -0.415. The van der Waals surface area contributed by atoms with E-state index >= 15 is 0 Å². The van der Waals surface area contributed by atoms with Crippen LogP contribution in [-0.4, -0.2) is 28.5 Å². The summed E-state index contributed by atoms with van der Waals surface area (Å²) in [5.41, 5.74) is 3.60. The number of nitrogens with zero attached hydrogens (tertiary/aromatic N) is 1. The predicted octanol–water partition coefficient (Wildman–Crippen LogP) is 4.95. The lowest BCUT2D eigenvalue weighted by Gasteiger charge is -2.26. The van der Waals surface area contributed by atoms with E-state index in [-0.39, 0.29) is 29.7 Å². The molecule has 1 atom stereocenters. The number of aromatic hydroxyl groups is 1. The van der Waals surface area contributed by atoms with E-state index in [1.807, 2.05) is 42.1 Å². The van der Waals surface area contributed by atoms with Gasteiger partial charge in [0.1, 0.15) is 23.0 Å². The standard InChI is InChI=1S/C28H21NO6/c1-29-14-16(20-12-18(33-2)6-8-22(20)29)11-24-27(32)19-7-9-23-26(28(19)35-24)21(13-25(31)34-23)15-4-3-5-17(30)10-15/h3-12,14,21,30H,13H2,1-2H3/b24-11-. The summed E-state index contributed by atoms with van der Waals surface area (Å²) in [6.07, 6.45) is 3.74. The van der Waals surface area contributed by atoms with Gasteiger partial charge in [-0.3, -0.25) is 9.59 Å². The fraction of sp³-hybridized carbons (Fsp3) is 0.143. The fourth-order valence-electron chi connectivity index (χ4n) is 4.92. The summed E-state index contributed by atoms with van der Waals surface area (Å²) in [6.45, 7) is 0. The Morgan fingerprint density at radius 1 is 1.09 bits per heavy atom. The maximum atomic E-state index is 13.3. The number of ether oxygens (including phenoxy) is 3. The van der Waals surface area contributed by atoms with Gasteiger partial charge in [0, 0.05) is 41.2 Å². The molecule has 3 heterocycles. The number of phenols is 1. The van der Waals surface area contributed by atoms with Gasteiger partial charge in [-0.15, -0.1) is 0 Å².